The van der Waals surface area contributed by atoms with Gasteiger partial charge in [-0.25, -0.2) is 0 Å². The molecule has 0 saturated heterocycles. The molecule has 0 bridgehead atoms. The predicted octanol–water partition coefficient (Wildman–Crippen LogP) is 0.600. The molecular weight excluding hydrogens is 182 g/mol. The molecule has 4 nitrogen and oxygen atoms in total. The van der Waals surface area contributed by atoms with Crippen molar-refractivity contribution in [1.29, 1.82) is 0 Å². The van der Waals surface area contributed by atoms with Crippen molar-refractivity contribution in [3.8, 4) is 0 Å². The molecule has 1 rings (SSSR count). The third kappa shape index (κ3) is 2.45. The molecule has 82 valence electrons. The maximum absolute atomic E-state index is 10.2. The number of rotatable bonds is 5. The zero-order chi connectivity index (χ0) is 10.8. The van der Waals surface area contributed by atoms with Crippen LogP contribution in [0.4, 0.5) is 0 Å². The monoisotopic (exact) mass is 201 g/mol. The number of aliphatic carboxylic acids is 1. The van der Waals surface area contributed by atoms with Gasteiger partial charge in [0.05, 0.1) is 6.10 Å². The van der Waals surface area contributed by atoms with Gasteiger partial charge in [0, 0.05) is 17.9 Å². The van der Waals surface area contributed by atoms with Crippen LogP contribution >= 0.6 is 0 Å². The second-order valence-corrected chi connectivity index (χ2v) is 4.58. The van der Waals surface area contributed by atoms with Crippen LogP contribution in [0.3, 0.4) is 0 Å². The third-order valence-electron chi connectivity index (χ3n) is 3.17. The Morgan fingerprint density at radius 1 is 1.57 bits per heavy atom. The number of aliphatic hydroxyl groups excluding tert-OH is 1. The number of hydrogen-bond acceptors (Lipinski definition) is 3. The minimum Gasteiger partial charge on any atom is -0.481 e. The van der Waals surface area contributed by atoms with Crippen LogP contribution in [0.5, 0.6) is 0 Å². The number of hydrogen-bond donors (Lipinski definition) is 3. The van der Waals surface area contributed by atoms with Gasteiger partial charge >= 0.3 is 5.97 Å². The highest BCUT2D eigenvalue weighted by molar-refractivity contribution is 5.66. The Kier molecular flexibility index (Phi) is 3.50. The first-order valence-corrected chi connectivity index (χ1v) is 5.08. The smallest absolute Gasteiger partial charge is 0.303 e. The largest absolute Gasteiger partial charge is 0.481 e. The summed E-state index contributed by atoms with van der Waals surface area (Å²) in [6, 6.07) is 0.325. The zero-order valence-corrected chi connectivity index (χ0v) is 8.79. The van der Waals surface area contributed by atoms with Crippen LogP contribution in [0.2, 0.25) is 0 Å². The van der Waals surface area contributed by atoms with Gasteiger partial charge in [0.25, 0.3) is 0 Å². The third-order valence-corrected chi connectivity index (χ3v) is 3.17. The summed E-state index contributed by atoms with van der Waals surface area (Å²) >= 11 is 0. The second kappa shape index (κ2) is 4.28. The molecule has 0 aromatic rings. The van der Waals surface area contributed by atoms with Gasteiger partial charge in [0.15, 0.2) is 0 Å². The minimum atomic E-state index is -0.750. The molecule has 0 heterocycles. The van der Waals surface area contributed by atoms with E-state index in [-0.39, 0.29) is 17.9 Å². The highest BCUT2D eigenvalue weighted by Crippen LogP contribution is 2.40. The fraction of sp³-hybridized carbons (Fsp3) is 0.900. The number of carboxylic acids is 1. The van der Waals surface area contributed by atoms with E-state index in [0.717, 1.165) is 6.42 Å². The quantitative estimate of drug-likeness (QED) is 0.570. The maximum atomic E-state index is 10.2. The summed E-state index contributed by atoms with van der Waals surface area (Å²) in [6.07, 6.45) is 1.42. The Balaban J connectivity index is 2.12. The van der Waals surface area contributed by atoms with Crippen molar-refractivity contribution in [1.82, 2.24) is 5.32 Å². The fourth-order valence-corrected chi connectivity index (χ4v) is 1.76. The Hall–Kier alpha value is -0.610. The summed E-state index contributed by atoms with van der Waals surface area (Å²) in [4.78, 5) is 10.2. The van der Waals surface area contributed by atoms with Crippen LogP contribution in [-0.4, -0.2) is 34.9 Å². The Bertz CT molecular complexity index is 215. The van der Waals surface area contributed by atoms with Gasteiger partial charge < -0.3 is 15.5 Å². The van der Waals surface area contributed by atoms with Gasteiger partial charge in [-0.15, -0.1) is 0 Å². The standard InChI is InChI=1S/C10H19NO3/c1-10(2)7(6-8(10)12)11-5-3-4-9(13)14/h7-8,11-12H,3-6H2,1-2H3,(H,13,14). The fourth-order valence-electron chi connectivity index (χ4n) is 1.76. The van der Waals surface area contributed by atoms with Gasteiger partial charge in [0.1, 0.15) is 0 Å². The van der Waals surface area contributed by atoms with Crippen molar-refractivity contribution >= 4 is 5.97 Å². The molecule has 1 saturated carbocycles. The second-order valence-electron chi connectivity index (χ2n) is 4.58. The lowest BCUT2D eigenvalue weighted by atomic mass is 9.64. The lowest BCUT2D eigenvalue weighted by molar-refractivity contribution is -0.137. The van der Waals surface area contributed by atoms with Gasteiger partial charge in [-0.2, -0.15) is 0 Å². The molecule has 0 aromatic carbocycles. The van der Waals surface area contributed by atoms with Gasteiger partial charge in [-0.3, -0.25) is 4.79 Å². The van der Waals surface area contributed by atoms with Crippen LogP contribution in [0.25, 0.3) is 0 Å². The molecule has 4 heteroatoms. The summed E-state index contributed by atoms with van der Waals surface area (Å²) in [5, 5.41) is 21.2. The Labute approximate surface area is 84.3 Å². The van der Waals surface area contributed by atoms with E-state index < -0.39 is 5.97 Å². The summed E-state index contributed by atoms with van der Waals surface area (Å²) in [5.74, 6) is -0.750. The van der Waals surface area contributed by atoms with E-state index in [1.54, 1.807) is 0 Å². The lowest BCUT2D eigenvalue weighted by Crippen LogP contribution is -2.60. The van der Waals surface area contributed by atoms with Crippen molar-refractivity contribution in [2.75, 3.05) is 6.54 Å². The molecule has 0 aromatic heterocycles. The van der Waals surface area contributed by atoms with Crippen molar-refractivity contribution in [3.05, 3.63) is 0 Å². The highest BCUT2D eigenvalue weighted by atomic mass is 16.4. The van der Waals surface area contributed by atoms with E-state index in [1.165, 1.54) is 0 Å². The SMILES string of the molecule is CC1(C)C(O)CC1NCCCC(=O)O. The molecule has 0 amide bonds. The number of carbonyl (C=O) groups is 1. The lowest BCUT2D eigenvalue weighted by Gasteiger charge is -2.49. The van der Waals surface area contributed by atoms with Crippen LogP contribution in [0, 0.1) is 5.41 Å². The molecular formula is C10H19NO3. The van der Waals surface area contributed by atoms with Crippen LogP contribution in [0.15, 0.2) is 0 Å². The first-order valence-electron chi connectivity index (χ1n) is 5.08. The Morgan fingerprint density at radius 3 is 2.64 bits per heavy atom. The van der Waals surface area contributed by atoms with E-state index >= 15 is 0 Å². The molecule has 1 fully saturated rings. The minimum absolute atomic E-state index is 0.0662. The molecule has 1 aliphatic carbocycles. The van der Waals surface area contributed by atoms with E-state index in [4.69, 9.17) is 5.11 Å². The van der Waals surface area contributed by atoms with Crippen LogP contribution in [0.1, 0.15) is 33.1 Å². The normalized spacial score (nSPS) is 29.6. The van der Waals surface area contributed by atoms with E-state index in [2.05, 4.69) is 5.32 Å². The van der Waals surface area contributed by atoms with E-state index in [0.29, 0.717) is 19.0 Å². The number of aliphatic hydroxyl groups is 1. The molecule has 0 spiro atoms. The van der Waals surface area contributed by atoms with Crippen LogP contribution < -0.4 is 5.32 Å². The van der Waals surface area contributed by atoms with Crippen molar-refractivity contribution in [2.24, 2.45) is 5.41 Å². The molecule has 2 unspecified atom stereocenters. The topological polar surface area (TPSA) is 69.6 Å². The predicted molar refractivity (Wildman–Crippen MR) is 53.1 cm³/mol. The van der Waals surface area contributed by atoms with Gasteiger partial charge in [-0.05, 0) is 19.4 Å². The number of nitrogens with one attached hydrogen (secondary N) is 1. The first kappa shape index (κ1) is 11.5. The summed E-state index contributed by atoms with van der Waals surface area (Å²) < 4.78 is 0. The van der Waals surface area contributed by atoms with Crippen molar-refractivity contribution < 1.29 is 15.0 Å². The number of carboxylic acid groups (broad SMARTS) is 1. The highest BCUT2D eigenvalue weighted by Gasteiger charge is 2.46. The molecule has 2 atom stereocenters. The van der Waals surface area contributed by atoms with Crippen molar-refractivity contribution in [2.45, 2.75) is 45.3 Å². The summed E-state index contributed by atoms with van der Waals surface area (Å²) in [7, 11) is 0. The Morgan fingerprint density at radius 2 is 2.21 bits per heavy atom. The van der Waals surface area contributed by atoms with E-state index in [9.17, 15) is 9.90 Å². The zero-order valence-electron chi connectivity index (χ0n) is 8.79. The summed E-state index contributed by atoms with van der Waals surface area (Å²) in [5.41, 5.74) is -0.0662. The van der Waals surface area contributed by atoms with E-state index in [1.807, 2.05) is 13.8 Å². The molecule has 14 heavy (non-hydrogen) atoms. The molecule has 0 aliphatic heterocycles. The molecule has 1 aliphatic rings. The first-order chi connectivity index (χ1) is 6.44. The van der Waals surface area contributed by atoms with Gasteiger partial charge in [0.2, 0.25) is 0 Å². The molecule has 3 N–H and O–H groups in total. The molecule has 0 radical (unpaired) electrons. The van der Waals surface area contributed by atoms with Crippen molar-refractivity contribution in [3.63, 3.8) is 0 Å². The average molecular weight is 201 g/mol. The summed E-state index contributed by atoms with van der Waals surface area (Å²) in [6.45, 7) is 4.76. The van der Waals surface area contributed by atoms with Crippen LogP contribution in [-0.2, 0) is 4.79 Å². The van der Waals surface area contributed by atoms with Gasteiger partial charge in [-0.1, -0.05) is 13.8 Å². The maximum Gasteiger partial charge on any atom is 0.303 e. The average Bonchev–Trinajstić information content (AvgIpc) is 2.10.